The third kappa shape index (κ3) is 3.75. The van der Waals surface area contributed by atoms with E-state index in [1.807, 2.05) is 27.7 Å². The second-order valence-corrected chi connectivity index (χ2v) is 7.88. The van der Waals surface area contributed by atoms with Gasteiger partial charge in [0.2, 0.25) is 5.91 Å². The number of aryl methyl sites for hydroxylation is 2. The molecule has 130 valence electrons. The van der Waals surface area contributed by atoms with E-state index in [2.05, 4.69) is 15.7 Å². The molecule has 0 bridgehead atoms. The summed E-state index contributed by atoms with van der Waals surface area (Å²) in [5.74, 6) is -0.0523. The fraction of sp³-hybridized carbons (Fsp3) is 0.765. The minimum atomic E-state index is -0.820. The van der Waals surface area contributed by atoms with Crippen molar-refractivity contribution in [1.29, 1.82) is 0 Å². The van der Waals surface area contributed by atoms with Crippen LogP contribution in [-0.2, 0) is 16.0 Å². The lowest BCUT2D eigenvalue weighted by molar-refractivity contribution is -0.170. The summed E-state index contributed by atoms with van der Waals surface area (Å²) in [6.45, 7) is 9.33. The lowest BCUT2D eigenvalue weighted by Crippen LogP contribution is -2.75. The van der Waals surface area contributed by atoms with Crippen molar-refractivity contribution in [3.63, 3.8) is 0 Å². The first-order valence-corrected chi connectivity index (χ1v) is 9.29. The monoisotopic (exact) mass is 339 g/mol. The number of aromatic nitrogens is 1. The molecule has 1 aliphatic carbocycles. The SMILES string of the molecule is CCOC1CC(N)(C(=O)NCCCCc2nc(C)cs2)C1(C)C. The molecule has 0 radical (unpaired) electrons. The molecule has 1 aromatic rings. The average Bonchev–Trinajstić information content (AvgIpc) is 2.91. The van der Waals surface area contributed by atoms with Crippen LogP contribution in [0, 0.1) is 12.3 Å². The molecule has 23 heavy (non-hydrogen) atoms. The third-order valence-electron chi connectivity index (χ3n) is 5.00. The first-order valence-electron chi connectivity index (χ1n) is 8.41. The summed E-state index contributed by atoms with van der Waals surface area (Å²) in [5.41, 5.74) is 6.29. The summed E-state index contributed by atoms with van der Waals surface area (Å²) in [6, 6.07) is 0. The average molecular weight is 340 g/mol. The third-order valence-corrected chi connectivity index (χ3v) is 6.03. The van der Waals surface area contributed by atoms with Crippen molar-refractivity contribution in [1.82, 2.24) is 10.3 Å². The van der Waals surface area contributed by atoms with E-state index in [1.54, 1.807) is 11.3 Å². The fourth-order valence-electron chi connectivity index (χ4n) is 3.10. The molecule has 1 amide bonds. The number of amides is 1. The summed E-state index contributed by atoms with van der Waals surface area (Å²) in [4.78, 5) is 16.9. The Bertz CT molecular complexity index is 544. The van der Waals surface area contributed by atoms with Gasteiger partial charge in [-0.05, 0) is 33.1 Å². The number of carbonyl (C=O) groups is 1. The van der Waals surface area contributed by atoms with Gasteiger partial charge in [0.15, 0.2) is 0 Å². The summed E-state index contributed by atoms with van der Waals surface area (Å²) >= 11 is 1.70. The van der Waals surface area contributed by atoms with Crippen LogP contribution >= 0.6 is 11.3 Å². The van der Waals surface area contributed by atoms with Crippen molar-refractivity contribution in [3.8, 4) is 0 Å². The Morgan fingerprint density at radius 2 is 2.26 bits per heavy atom. The summed E-state index contributed by atoms with van der Waals surface area (Å²) in [6.07, 6.45) is 3.60. The van der Waals surface area contributed by atoms with E-state index >= 15 is 0 Å². The smallest absolute Gasteiger partial charge is 0.240 e. The number of nitrogens with zero attached hydrogens (tertiary/aromatic N) is 1. The van der Waals surface area contributed by atoms with E-state index < -0.39 is 5.54 Å². The number of nitrogens with one attached hydrogen (secondary N) is 1. The second kappa shape index (κ2) is 7.28. The lowest BCUT2D eigenvalue weighted by Gasteiger charge is -2.57. The lowest BCUT2D eigenvalue weighted by atomic mass is 9.54. The van der Waals surface area contributed by atoms with Gasteiger partial charge >= 0.3 is 0 Å². The van der Waals surface area contributed by atoms with Crippen molar-refractivity contribution < 1.29 is 9.53 Å². The Kier molecular flexibility index (Phi) is 5.81. The fourth-order valence-corrected chi connectivity index (χ4v) is 3.92. The van der Waals surface area contributed by atoms with Crippen LogP contribution in [0.3, 0.4) is 0 Å². The van der Waals surface area contributed by atoms with Gasteiger partial charge in [-0.2, -0.15) is 0 Å². The zero-order valence-corrected chi connectivity index (χ0v) is 15.5. The van der Waals surface area contributed by atoms with Crippen LogP contribution < -0.4 is 11.1 Å². The number of ether oxygens (including phenoxy) is 1. The number of carbonyl (C=O) groups excluding carboxylic acids is 1. The zero-order valence-electron chi connectivity index (χ0n) is 14.6. The van der Waals surface area contributed by atoms with E-state index in [0.29, 0.717) is 19.6 Å². The predicted octanol–water partition coefficient (Wildman–Crippen LogP) is 2.42. The van der Waals surface area contributed by atoms with Gasteiger partial charge in [0.05, 0.1) is 11.1 Å². The Labute approximate surface area is 143 Å². The van der Waals surface area contributed by atoms with Crippen LogP contribution in [0.15, 0.2) is 5.38 Å². The minimum Gasteiger partial charge on any atom is -0.378 e. The first-order chi connectivity index (χ1) is 10.8. The van der Waals surface area contributed by atoms with Gasteiger partial charge < -0.3 is 15.8 Å². The predicted molar refractivity (Wildman–Crippen MR) is 93.5 cm³/mol. The second-order valence-electron chi connectivity index (χ2n) is 6.94. The summed E-state index contributed by atoms with van der Waals surface area (Å²) in [5, 5.41) is 6.24. The van der Waals surface area contributed by atoms with Crippen LogP contribution in [0.2, 0.25) is 0 Å². The van der Waals surface area contributed by atoms with Gasteiger partial charge in [0.25, 0.3) is 0 Å². The summed E-state index contributed by atoms with van der Waals surface area (Å²) in [7, 11) is 0. The molecule has 1 fully saturated rings. The number of nitrogens with two attached hydrogens (primary N) is 1. The molecule has 5 nitrogen and oxygen atoms in total. The Balaban J connectivity index is 1.70. The molecule has 0 aromatic carbocycles. The number of hydrogen-bond donors (Lipinski definition) is 2. The highest BCUT2D eigenvalue weighted by atomic mass is 32.1. The van der Waals surface area contributed by atoms with E-state index in [4.69, 9.17) is 10.5 Å². The first kappa shape index (κ1) is 18.4. The molecule has 2 unspecified atom stereocenters. The molecule has 1 heterocycles. The molecule has 0 aliphatic heterocycles. The maximum absolute atomic E-state index is 12.4. The molecule has 3 N–H and O–H groups in total. The Morgan fingerprint density at radius 1 is 1.52 bits per heavy atom. The molecule has 2 rings (SSSR count). The topological polar surface area (TPSA) is 77.2 Å². The highest BCUT2D eigenvalue weighted by molar-refractivity contribution is 7.09. The normalized spacial score (nSPS) is 25.9. The molecule has 2 atom stereocenters. The van der Waals surface area contributed by atoms with Crippen molar-refractivity contribution in [2.75, 3.05) is 13.2 Å². The van der Waals surface area contributed by atoms with Crippen molar-refractivity contribution in [2.45, 2.75) is 65.0 Å². The van der Waals surface area contributed by atoms with E-state index in [1.165, 1.54) is 5.01 Å². The molecular weight excluding hydrogens is 310 g/mol. The van der Waals surface area contributed by atoms with Gasteiger partial charge in [0, 0.05) is 36.1 Å². The van der Waals surface area contributed by atoms with Crippen LogP contribution in [0.25, 0.3) is 0 Å². The van der Waals surface area contributed by atoms with Crippen molar-refractivity contribution in [3.05, 3.63) is 16.1 Å². The molecular formula is C17H29N3O2S. The highest BCUT2D eigenvalue weighted by Gasteiger charge is 2.62. The Morgan fingerprint density at radius 3 is 2.83 bits per heavy atom. The van der Waals surface area contributed by atoms with Crippen LogP contribution in [0.1, 0.15) is 50.7 Å². The molecule has 1 aliphatic rings. The largest absolute Gasteiger partial charge is 0.378 e. The van der Waals surface area contributed by atoms with Gasteiger partial charge in [0.1, 0.15) is 5.54 Å². The van der Waals surface area contributed by atoms with Gasteiger partial charge in [-0.25, -0.2) is 4.98 Å². The number of thiazole rings is 1. The number of rotatable bonds is 8. The van der Waals surface area contributed by atoms with Gasteiger partial charge in [-0.3, -0.25) is 4.79 Å². The molecule has 0 spiro atoms. The quantitative estimate of drug-likeness (QED) is 0.713. The molecule has 1 saturated carbocycles. The molecule has 6 heteroatoms. The van der Waals surface area contributed by atoms with E-state index in [-0.39, 0.29) is 17.4 Å². The molecule has 1 aromatic heterocycles. The number of hydrogen-bond acceptors (Lipinski definition) is 5. The van der Waals surface area contributed by atoms with Crippen molar-refractivity contribution in [2.24, 2.45) is 11.1 Å². The Hall–Kier alpha value is -0.980. The van der Waals surface area contributed by atoms with E-state index in [0.717, 1.165) is 25.0 Å². The van der Waals surface area contributed by atoms with Crippen LogP contribution in [-0.4, -0.2) is 35.7 Å². The standard InChI is InChI=1S/C17H29N3O2S/c1-5-22-13-10-17(18,16(13,3)4)15(21)19-9-7-6-8-14-20-12(2)11-23-14/h11,13H,5-10,18H2,1-4H3,(H,19,21). The number of unbranched alkanes of at least 4 members (excludes halogenated alkanes) is 1. The zero-order chi connectivity index (χ0) is 17.1. The van der Waals surface area contributed by atoms with Crippen molar-refractivity contribution >= 4 is 17.2 Å². The summed E-state index contributed by atoms with van der Waals surface area (Å²) < 4.78 is 5.67. The van der Waals surface area contributed by atoms with Crippen LogP contribution in [0.4, 0.5) is 0 Å². The van der Waals surface area contributed by atoms with Crippen LogP contribution in [0.5, 0.6) is 0 Å². The van der Waals surface area contributed by atoms with E-state index in [9.17, 15) is 4.79 Å². The maximum Gasteiger partial charge on any atom is 0.240 e. The molecule has 0 saturated heterocycles. The van der Waals surface area contributed by atoms with Gasteiger partial charge in [-0.1, -0.05) is 13.8 Å². The maximum atomic E-state index is 12.4. The highest BCUT2D eigenvalue weighted by Crippen LogP contribution is 2.49. The minimum absolute atomic E-state index is 0.0523. The van der Waals surface area contributed by atoms with Gasteiger partial charge in [-0.15, -0.1) is 11.3 Å².